The summed E-state index contributed by atoms with van der Waals surface area (Å²) in [6, 6.07) is 0. The van der Waals surface area contributed by atoms with Gasteiger partial charge in [0.2, 0.25) is 5.78 Å². The van der Waals surface area contributed by atoms with Gasteiger partial charge in [-0.25, -0.2) is 0 Å². The van der Waals surface area contributed by atoms with Crippen molar-refractivity contribution in [3.63, 3.8) is 0 Å². The molecule has 0 aliphatic heterocycles. The van der Waals surface area contributed by atoms with Crippen molar-refractivity contribution in [1.29, 1.82) is 0 Å². The molecule has 0 heterocycles. The highest BCUT2D eigenvalue weighted by molar-refractivity contribution is 6.84. The van der Waals surface area contributed by atoms with Crippen LogP contribution in [-0.4, -0.2) is 24.9 Å². The zero-order valence-electron chi connectivity index (χ0n) is 8.89. The molecule has 0 unspecified atom stereocenters. The quantitative estimate of drug-likeness (QED) is 0.570. The van der Waals surface area contributed by atoms with Crippen molar-refractivity contribution in [2.75, 3.05) is 0 Å². The lowest BCUT2D eigenvalue weighted by atomic mass is 10.2. The van der Waals surface area contributed by atoms with E-state index in [1.165, 1.54) is 0 Å². The zero-order valence-corrected chi connectivity index (χ0v) is 9.89. The topological polar surface area (TPSA) is 54.4 Å². The van der Waals surface area contributed by atoms with Gasteiger partial charge in [-0.15, -0.1) is 5.54 Å². The fourth-order valence-corrected chi connectivity index (χ4v) is 1.23. The summed E-state index contributed by atoms with van der Waals surface area (Å²) in [5, 5.41) is 8.35. The SMILES string of the molecule is C[Si](C)(C)C#CC(=O)CCCC(=O)O. The van der Waals surface area contributed by atoms with E-state index in [4.69, 9.17) is 5.11 Å². The number of rotatable bonds is 4. The van der Waals surface area contributed by atoms with Crippen LogP contribution in [0.15, 0.2) is 0 Å². The Morgan fingerprint density at radius 1 is 1.21 bits per heavy atom. The molecule has 0 radical (unpaired) electrons. The van der Waals surface area contributed by atoms with Gasteiger partial charge >= 0.3 is 5.97 Å². The maximum Gasteiger partial charge on any atom is 0.303 e. The summed E-state index contributed by atoms with van der Waals surface area (Å²) in [5.41, 5.74) is 2.95. The predicted molar refractivity (Wildman–Crippen MR) is 57.6 cm³/mol. The first-order valence-electron chi connectivity index (χ1n) is 4.59. The summed E-state index contributed by atoms with van der Waals surface area (Å²) in [6.45, 7) is 6.18. The average molecular weight is 212 g/mol. The molecule has 14 heavy (non-hydrogen) atoms. The lowest BCUT2D eigenvalue weighted by Crippen LogP contribution is -2.17. The van der Waals surface area contributed by atoms with Crippen LogP contribution in [0.5, 0.6) is 0 Å². The molecular formula is C10H16O3Si. The van der Waals surface area contributed by atoms with Crippen LogP contribution < -0.4 is 0 Å². The van der Waals surface area contributed by atoms with Crippen molar-refractivity contribution in [2.24, 2.45) is 0 Å². The van der Waals surface area contributed by atoms with Gasteiger partial charge in [-0.05, 0) is 12.3 Å². The maximum absolute atomic E-state index is 11.1. The summed E-state index contributed by atoms with van der Waals surface area (Å²) in [7, 11) is -1.48. The Morgan fingerprint density at radius 3 is 2.21 bits per heavy atom. The van der Waals surface area contributed by atoms with E-state index >= 15 is 0 Å². The van der Waals surface area contributed by atoms with Crippen LogP contribution in [-0.2, 0) is 9.59 Å². The fraction of sp³-hybridized carbons (Fsp3) is 0.600. The summed E-state index contributed by atoms with van der Waals surface area (Å²) in [6.07, 6.45) is 0.679. The van der Waals surface area contributed by atoms with Gasteiger partial charge in [0.25, 0.3) is 0 Å². The van der Waals surface area contributed by atoms with Gasteiger partial charge in [-0.1, -0.05) is 19.6 Å². The highest BCUT2D eigenvalue weighted by atomic mass is 28.3. The molecule has 0 fully saturated rings. The molecule has 4 heteroatoms. The van der Waals surface area contributed by atoms with Crippen molar-refractivity contribution in [1.82, 2.24) is 0 Å². The van der Waals surface area contributed by atoms with Crippen molar-refractivity contribution < 1.29 is 14.7 Å². The molecule has 3 nitrogen and oxygen atoms in total. The molecular weight excluding hydrogens is 196 g/mol. The number of carbonyl (C=O) groups is 2. The van der Waals surface area contributed by atoms with E-state index < -0.39 is 14.0 Å². The second-order valence-electron chi connectivity index (χ2n) is 4.17. The Kier molecular flexibility index (Phi) is 5.17. The van der Waals surface area contributed by atoms with E-state index in [1.807, 2.05) is 0 Å². The summed E-state index contributed by atoms with van der Waals surface area (Å²) < 4.78 is 0. The highest BCUT2D eigenvalue weighted by Crippen LogP contribution is 1.99. The molecule has 0 spiro atoms. The third kappa shape index (κ3) is 9.01. The largest absolute Gasteiger partial charge is 0.481 e. The molecule has 0 aliphatic carbocycles. The van der Waals surface area contributed by atoms with E-state index in [2.05, 4.69) is 31.1 Å². The van der Waals surface area contributed by atoms with Gasteiger partial charge in [0, 0.05) is 12.8 Å². The lowest BCUT2D eigenvalue weighted by Gasteiger charge is -2.02. The molecule has 0 amide bonds. The maximum atomic E-state index is 11.1. The Bertz CT molecular complexity index is 278. The van der Waals surface area contributed by atoms with Crippen LogP contribution in [0.1, 0.15) is 19.3 Å². The Labute approximate surface area is 85.5 Å². The number of hydrogen-bond acceptors (Lipinski definition) is 2. The van der Waals surface area contributed by atoms with Gasteiger partial charge in [-0.2, -0.15) is 0 Å². The Balaban J connectivity index is 3.86. The third-order valence-electron chi connectivity index (χ3n) is 1.37. The van der Waals surface area contributed by atoms with E-state index in [1.54, 1.807) is 0 Å². The third-order valence-corrected chi connectivity index (χ3v) is 2.25. The second kappa shape index (κ2) is 5.61. The van der Waals surface area contributed by atoms with Crippen molar-refractivity contribution in [3.05, 3.63) is 0 Å². The molecule has 0 aromatic heterocycles. The first-order valence-corrected chi connectivity index (χ1v) is 8.09. The normalized spacial score (nSPS) is 10.2. The molecule has 0 saturated carbocycles. The van der Waals surface area contributed by atoms with Gasteiger partial charge in [0.05, 0.1) is 0 Å². The van der Waals surface area contributed by atoms with Crippen molar-refractivity contribution in [3.8, 4) is 11.5 Å². The van der Waals surface area contributed by atoms with Gasteiger partial charge in [-0.3, -0.25) is 9.59 Å². The summed E-state index contributed by atoms with van der Waals surface area (Å²) in [4.78, 5) is 21.3. The highest BCUT2D eigenvalue weighted by Gasteiger charge is 2.08. The van der Waals surface area contributed by atoms with Crippen LogP contribution >= 0.6 is 0 Å². The number of carbonyl (C=O) groups excluding carboxylic acids is 1. The molecule has 0 saturated heterocycles. The molecule has 0 rings (SSSR count). The van der Waals surface area contributed by atoms with Gasteiger partial charge < -0.3 is 5.11 Å². The van der Waals surface area contributed by atoms with Crippen molar-refractivity contribution >= 4 is 19.8 Å². The van der Waals surface area contributed by atoms with E-state index in [0.29, 0.717) is 6.42 Å². The first-order chi connectivity index (χ1) is 6.31. The smallest absolute Gasteiger partial charge is 0.303 e. The second-order valence-corrected chi connectivity index (χ2v) is 8.92. The molecule has 0 bridgehead atoms. The standard InChI is InChI=1S/C10H16O3Si/c1-14(2,3)8-7-9(11)5-4-6-10(12)13/h4-6H2,1-3H3,(H,12,13). The molecule has 0 aliphatic rings. The van der Waals surface area contributed by atoms with Gasteiger partial charge in [0.15, 0.2) is 0 Å². The van der Waals surface area contributed by atoms with Crippen LogP contribution in [0.4, 0.5) is 0 Å². The first kappa shape index (κ1) is 12.9. The predicted octanol–water partition coefficient (Wildman–Crippen LogP) is 1.69. The molecule has 1 N–H and O–H groups in total. The molecule has 0 atom stereocenters. The molecule has 0 aromatic rings. The summed E-state index contributed by atoms with van der Waals surface area (Å²) in [5.74, 6) is 1.57. The summed E-state index contributed by atoms with van der Waals surface area (Å²) >= 11 is 0. The van der Waals surface area contributed by atoms with Crippen molar-refractivity contribution in [2.45, 2.75) is 38.9 Å². The van der Waals surface area contributed by atoms with E-state index in [0.717, 1.165) is 0 Å². The lowest BCUT2D eigenvalue weighted by molar-refractivity contribution is -0.137. The minimum absolute atomic E-state index is 0.0420. The minimum Gasteiger partial charge on any atom is -0.481 e. The monoisotopic (exact) mass is 212 g/mol. The minimum atomic E-state index is -1.48. The van der Waals surface area contributed by atoms with Crippen LogP contribution in [0.25, 0.3) is 0 Å². The number of ketones is 1. The zero-order chi connectivity index (χ0) is 11.2. The number of aliphatic carboxylic acids is 1. The van der Waals surface area contributed by atoms with E-state index in [-0.39, 0.29) is 18.6 Å². The van der Waals surface area contributed by atoms with E-state index in [9.17, 15) is 9.59 Å². The number of carboxylic acid groups (broad SMARTS) is 1. The van der Waals surface area contributed by atoms with Crippen LogP contribution in [0.3, 0.4) is 0 Å². The Hall–Kier alpha value is -1.08. The number of Topliss-reactive ketones (excluding diaryl/α,β-unsaturated/α-hetero) is 1. The van der Waals surface area contributed by atoms with Crippen LogP contribution in [0.2, 0.25) is 19.6 Å². The number of carboxylic acids is 1. The van der Waals surface area contributed by atoms with Crippen LogP contribution in [0, 0.1) is 11.5 Å². The van der Waals surface area contributed by atoms with Gasteiger partial charge in [0.1, 0.15) is 8.07 Å². The fourth-order valence-electron chi connectivity index (χ4n) is 0.720. The average Bonchev–Trinajstić information content (AvgIpc) is 1.99. The Morgan fingerprint density at radius 2 is 1.79 bits per heavy atom. The molecule has 78 valence electrons. The number of hydrogen-bond donors (Lipinski definition) is 1. The molecule has 0 aromatic carbocycles.